The third kappa shape index (κ3) is 2.52. The summed E-state index contributed by atoms with van der Waals surface area (Å²) in [6.07, 6.45) is 0.731. The van der Waals surface area contributed by atoms with Gasteiger partial charge >= 0.3 is 0 Å². The molecular weight excluding hydrogens is 300 g/mol. The van der Waals surface area contributed by atoms with Crippen LogP contribution in [0.5, 0.6) is 5.75 Å². The number of carbonyl (C=O) groups is 2. The van der Waals surface area contributed by atoms with Gasteiger partial charge in [-0.15, -0.1) is 11.3 Å². The number of hydrogen-bond donors (Lipinski definition) is 1. The van der Waals surface area contributed by atoms with Gasteiger partial charge in [0.1, 0.15) is 5.75 Å². The minimum Gasteiger partial charge on any atom is -0.479 e. The highest BCUT2D eigenvalue weighted by Crippen LogP contribution is 2.30. The molecule has 1 amide bonds. The van der Waals surface area contributed by atoms with Gasteiger partial charge in [0.25, 0.3) is 5.91 Å². The molecule has 0 unspecified atom stereocenters. The van der Waals surface area contributed by atoms with Crippen molar-refractivity contribution >= 4 is 39.8 Å². The van der Waals surface area contributed by atoms with Crippen molar-refractivity contribution in [3.63, 3.8) is 0 Å². The first-order valence-corrected chi connectivity index (χ1v) is 7.09. The highest BCUT2D eigenvalue weighted by atomic mass is 35.5. The van der Waals surface area contributed by atoms with Crippen LogP contribution in [0.1, 0.15) is 16.8 Å². The van der Waals surface area contributed by atoms with Crippen LogP contribution in [0.3, 0.4) is 0 Å². The second kappa shape index (κ2) is 5.22. The Morgan fingerprint density at radius 3 is 3.10 bits per heavy atom. The molecule has 0 saturated heterocycles. The Hall–Kier alpha value is -1.92. The Labute approximate surface area is 123 Å². The number of benzene rings is 1. The van der Waals surface area contributed by atoms with E-state index in [2.05, 4.69) is 10.3 Å². The highest BCUT2D eigenvalue weighted by Gasteiger charge is 2.31. The number of nitrogens with one attached hydrogen (secondary N) is 1. The summed E-state index contributed by atoms with van der Waals surface area (Å²) in [4.78, 5) is 28.0. The number of amides is 1. The van der Waals surface area contributed by atoms with Crippen LogP contribution in [0.25, 0.3) is 0 Å². The number of anilines is 1. The molecule has 102 valence electrons. The maximum atomic E-state index is 12.0. The quantitative estimate of drug-likeness (QED) is 0.926. The third-order valence-corrected chi connectivity index (χ3v) is 3.76. The van der Waals surface area contributed by atoms with Crippen LogP contribution in [0.15, 0.2) is 29.8 Å². The van der Waals surface area contributed by atoms with E-state index in [1.54, 1.807) is 29.8 Å². The van der Waals surface area contributed by atoms with E-state index >= 15 is 0 Å². The molecule has 1 aliphatic heterocycles. The molecule has 0 aliphatic carbocycles. The van der Waals surface area contributed by atoms with Crippen molar-refractivity contribution in [3.05, 3.63) is 40.4 Å². The van der Waals surface area contributed by atoms with E-state index < -0.39 is 6.10 Å². The molecule has 0 saturated carbocycles. The average molecular weight is 309 g/mol. The SMILES string of the molecule is O=C1C[C@H](C(=O)Nc2nccs2)Oc2ccc(Cl)cc21. The summed E-state index contributed by atoms with van der Waals surface area (Å²) in [7, 11) is 0. The maximum absolute atomic E-state index is 12.0. The van der Waals surface area contributed by atoms with E-state index in [1.165, 1.54) is 11.3 Å². The highest BCUT2D eigenvalue weighted by molar-refractivity contribution is 7.13. The molecule has 2 aromatic rings. The molecule has 7 heteroatoms. The Balaban J connectivity index is 1.79. The molecule has 0 spiro atoms. The zero-order valence-electron chi connectivity index (χ0n) is 10.1. The number of Topliss-reactive ketones (excluding diaryl/α,β-unsaturated/α-hetero) is 1. The zero-order chi connectivity index (χ0) is 14.1. The number of carbonyl (C=O) groups excluding carboxylic acids is 2. The first kappa shape index (κ1) is 13.1. The molecule has 0 radical (unpaired) electrons. The number of halogens is 1. The van der Waals surface area contributed by atoms with Crippen LogP contribution < -0.4 is 10.1 Å². The van der Waals surface area contributed by atoms with Crippen molar-refractivity contribution in [2.75, 3.05) is 5.32 Å². The second-order valence-electron chi connectivity index (χ2n) is 4.20. The fourth-order valence-corrected chi connectivity index (χ4v) is 2.62. The number of ketones is 1. The van der Waals surface area contributed by atoms with E-state index in [0.29, 0.717) is 21.5 Å². The van der Waals surface area contributed by atoms with Crippen LogP contribution in [0.2, 0.25) is 5.02 Å². The van der Waals surface area contributed by atoms with Gasteiger partial charge in [-0.1, -0.05) is 11.6 Å². The van der Waals surface area contributed by atoms with Gasteiger partial charge in [-0.25, -0.2) is 4.98 Å². The van der Waals surface area contributed by atoms with E-state index in [0.717, 1.165) is 0 Å². The van der Waals surface area contributed by atoms with Crippen LogP contribution in [0, 0.1) is 0 Å². The number of thiazole rings is 1. The van der Waals surface area contributed by atoms with Gasteiger partial charge in [-0.2, -0.15) is 0 Å². The molecule has 1 atom stereocenters. The number of hydrogen-bond acceptors (Lipinski definition) is 5. The van der Waals surface area contributed by atoms with Gasteiger partial charge in [0.05, 0.1) is 12.0 Å². The Bertz CT molecular complexity index is 672. The monoisotopic (exact) mass is 308 g/mol. The minimum atomic E-state index is -0.847. The predicted octanol–water partition coefficient (Wildman–Crippen LogP) is 2.77. The first-order valence-electron chi connectivity index (χ1n) is 5.83. The number of ether oxygens (including phenoxy) is 1. The molecule has 5 nitrogen and oxygen atoms in total. The predicted molar refractivity (Wildman–Crippen MR) is 75.6 cm³/mol. The maximum Gasteiger partial charge on any atom is 0.267 e. The van der Waals surface area contributed by atoms with Crippen molar-refractivity contribution in [3.8, 4) is 5.75 Å². The Kier molecular flexibility index (Phi) is 3.42. The summed E-state index contributed by atoms with van der Waals surface area (Å²) in [6.45, 7) is 0. The normalized spacial score (nSPS) is 17.2. The third-order valence-electron chi connectivity index (χ3n) is 2.84. The van der Waals surface area contributed by atoms with Crippen molar-refractivity contribution < 1.29 is 14.3 Å². The lowest BCUT2D eigenvalue weighted by Crippen LogP contribution is -2.38. The summed E-state index contributed by atoms with van der Waals surface area (Å²) in [5.74, 6) is -0.160. The fraction of sp³-hybridized carbons (Fsp3) is 0.154. The molecule has 3 rings (SSSR count). The van der Waals surface area contributed by atoms with Crippen molar-refractivity contribution in [2.45, 2.75) is 12.5 Å². The summed E-state index contributed by atoms with van der Waals surface area (Å²) in [6, 6.07) is 4.77. The van der Waals surface area contributed by atoms with Crippen molar-refractivity contribution in [1.29, 1.82) is 0 Å². The molecule has 1 aromatic carbocycles. The molecule has 0 fully saturated rings. The van der Waals surface area contributed by atoms with E-state index in [4.69, 9.17) is 16.3 Å². The number of aromatic nitrogens is 1. The van der Waals surface area contributed by atoms with Crippen LogP contribution in [0.4, 0.5) is 5.13 Å². The summed E-state index contributed by atoms with van der Waals surface area (Å²) < 4.78 is 5.55. The molecule has 1 aromatic heterocycles. The van der Waals surface area contributed by atoms with E-state index in [1.807, 2.05) is 0 Å². The van der Waals surface area contributed by atoms with Crippen molar-refractivity contribution in [2.24, 2.45) is 0 Å². The fourth-order valence-electron chi connectivity index (χ4n) is 1.91. The molecule has 0 bridgehead atoms. The second-order valence-corrected chi connectivity index (χ2v) is 5.53. The zero-order valence-corrected chi connectivity index (χ0v) is 11.7. The molecule has 1 N–H and O–H groups in total. The molecule has 20 heavy (non-hydrogen) atoms. The smallest absolute Gasteiger partial charge is 0.267 e. The largest absolute Gasteiger partial charge is 0.479 e. The van der Waals surface area contributed by atoms with Crippen LogP contribution in [-0.4, -0.2) is 22.8 Å². The molecule has 2 heterocycles. The standard InChI is InChI=1S/C13H9ClN2O3S/c14-7-1-2-10-8(5-7)9(17)6-11(19-10)12(18)16-13-15-3-4-20-13/h1-5,11H,6H2,(H,15,16,18)/t11-/m1/s1. The Morgan fingerprint density at radius 1 is 1.50 bits per heavy atom. The average Bonchev–Trinajstić information content (AvgIpc) is 2.92. The van der Waals surface area contributed by atoms with Gasteiger partial charge < -0.3 is 4.74 Å². The lowest BCUT2D eigenvalue weighted by molar-refractivity contribution is -0.122. The van der Waals surface area contributed by atoms with E-state index in [9.17, 15) is 9.59 Å². The van der Waals surface area contributed by atoms with Crippen LogP contribution in [-0.2, 0) is 4.79 Å². The first-order chi connectivity index (χ1) is 9.63. The Morgan fingerprint density at radius 2 is 2.35 bits per heavy atom. The van der Waals surface area contributed by atoms with Gasteiger partial charge in [-0.3, -0.25) is 14.9 Å². The molecule has 1 aliphatic rings. The number of nitrogens with zero attached hydrogens (tertiary/aromatic N) is 1. The molecular formula is C13H9ClN2O3S. The van der Waals surface area contributed by atoms with Gasteiger partial charge in [0, 0.05) is 16.6 Å². The van der Waals surface area contributed by atoms with Gasteiger partial charge in [-0.05, 0) is 18.2 Å². The summed E-state index contributed by atoms with van der Waals surface area (Å²) in [5, 5.41) is 5.31. The van der Waals surface area contributed by atoms with Crippen molar-refractivity contribution in [1.82, 2.24) is 4.98 Å². The number of rotatable bonds is 2. The van der Waals surface area contributed by atoms with Gasteiger partial charge in [0.2, 0.25) is 0 Å². The summed E-state index contributed by atoms with van der Waals surface area (Å²) >= 11 is 7.14. The lowest BCUT2D eigenvalue weighted by atomic mass is 10.0. The lowest BCUT2D eigenvalue weighted by Gasteiger charge is -2.24. The minimum absolute atomic E-state index is 0.00937. The van der Waals surface area contributed by atoms with Crippen LogP contribution >= 0.6 is 22.9 Å². The topological polar surface area (TPSA) is 68.3 Å². The summed E-state index contributed by atoms with van der Waals surface area (Å²) in [5.41, 5.74) is 0.413. The van der Waals surface area contributed by atoms with E-state index in [-0.39, 0.29) is 18.1 Å². The number of fused-ring (bicyclic) bond motifs is 1. The van der Waals surface area contributed by atoms with Gasteiger partial charge in [0.15, 0.2) is 17.0 Å².